The fourth-order valence-electron chi connectivity index (χ4n) is 6.11. The molecule has 2 aromatic carbocycles. The monoisotopic (exact) mass is 496 g/mol. The number of carbonyl (C=O) groups excluding carboxylic acids is 3. The minimum absolute atomic E-state index is 0.127. The van der Waals surface area contributed by atoms with Crippen LogP contribution in [0.25, 0.3) is 0 Å². The first kappa shape index (κ1) is 21.7. The van der Waals surface area contributed by atoms with E-state index in [9.17, 15) is 14.4 Å². The normalized spacial score (nSPS) is 30.3. The lowest BCUT2D eigenvalue weighted by Crippen LogP contribution is -2.45. The van der Waals surface area contributed by atoms with Crippen LogP contribution in [0.3, 0.4) is 0 Å². The number of hydrogen-bond donors (Lipinski definition) is 0. The Bertz CT molecular complexity index is 1210. The molecule has 7 rings (SSSR count). The highest BCUT2D eigenvalue weighted by molar-refractivity contribution is 6.42. The molecule has 0 N–H and O–H groups in total. The molecule has 6 nitrogen and oxygen atoms in total. The minimum Gasteiger partial charge on any atom is -0.497 e. The number of hydrogen-bond acceptors (Lipinski definition) is 4. The summed E-state index contributed by atoms with van der Waals surface area (Å²) >= 11 is 12.2. The first-order valence-electron chi connectivity index (χ1n) is 11.3. The van der Waals surface area contributed by atoms with Gasteiger partial charge in [0.25, 0.3) is 5.91 Å². The number of carbonyl (C=O) groups is 3. The molecule has 3 fully saturated rings. The van der Waals surface area contributed by atoms with Crippen LogP contribution in [0, 0.1) is 35.5 Å². The van der Waals surface area contributed by atoms with E-state index in [-0.39, 0.29) is 53.1 Å². The zero-order valence-electron chi connectivity index (χ0n) is 18.4. The Kier molecular flexibility index (Phi) is 5.01. The van der Waals surface area contributed by atoms with Crippen LogP contribution in [0.4, 0.5) is 5.69 Å². The lowest BCUT2D eigenvalue weighted by Gasteiger charge is -2.37. The Morgan fingerprint density at radius 2 is 1.59 bits per heavy atom. The number of benzene rings is 2. The Labute approximate surface area is 207 Å². The Hall–Kier alpha value is -2.83. The van der Waals surface area contributed by atoms with Gasteiger partial charge in [0, 0.05) is 11.3 Å². The highest BCUT2D eigenvalue weighted by Gasteiger charge is 2.67. The maximum absolute atomic E-state index is 13.6. The van der Waals surface area contributed by atoms with Crippen molar-refractivity contribution in [3.63, 3.8) is 0 Å². The van der Waals surface area contributed by atoms with Gasteiger partial charge in [-0.3, -0.25) is 24.2 Å². The SMILES string of the molecule is COc1ccc(N(CN2C(=O)[C@@H]3[C@H]4C=C[C@@H]([C@@H]5C[C@@H]45)[C@H]3C2=O)C(=O)c2ccc(Cl)c(Cl)c2)cc1. The number of methoxy groups -OCH3 is 1. The molecule has 2 saturated carbocycles. The average molecular weight is 497 g/mol. The van der Waals surface area contributed by atoms with Gasteiger partial charge in [-0.1, -0.05) is 35.4 Å². The minimum atomic E-state index is -0.386. The van der Waals surface area contributed by atoms with Crippen molar-refractivity contribution < 1.29 is 19.1 Å². The van der Waals surface area contributed by atoms with E-state index in [1.165, 1.54) is 15.9 Å². The van der Waals surface area contributed by atoms with Gasteiger partial charge >= 0.3 is 0 Å². The summed E-state index contributed by atoms with van der Waals surface area (Å²) in [6.07, 6.45) is 5.37. The van der Waals surface area contributed by atoms with Gasteiger partial charge in [-0.2, -0.15) is 0 Å². The lowest BCUT2D eigenvalue weighted by molar-refractivity contribution is -0.140. The number of rotatable bonds is 5. The van der Waals surface area contributed by atoms with Crippen LogP contribution in [0.15, 0.2) is 54.6 Å². The topological polar surface area (TPSA) is 66.9 Å². The molecule has 5 aliphatic rings. The van der Waals surface area contributed by atoms with Crippen molar-refractivity contribution in [2.45, 2.75) is 6.42 Å². The van der Waals surface area contributed by atoms with E-state index in [2.05, 4.69) is 12.2 Å². The maximum Gasteiger partial charge on any atom is 0.259 e. The maximum atomic E-state index is 13.6. The van der Waals surface area contributed by atoms with E-state index in [1.54, 1.807) is 43.5 Å². The number of imide groups is 1. The smallest absolute Gasteiger partial charge is 0.259 e. The molecular weight excluding hydrogens is 475 g/mol. The van der Waals surface area contributed by atoms with Crippen LogP contribution in [0.2, 0.25) is 10.0 Å². The van der Waals surface area contributed by atoms with Crippen molar-refractivity contribution in [3.8, 4) is 5.75 Å². The van der Waals surface area contributed by atoms with Crippen molar-refractivity contribution in [3.05, 3.63) is 70.2 Å². The van der Waals surface area contributed by atoms with Crippen LogP contribution in [-0.2, 0) is 9.59 Å². The molecule has 8 heteroatoms. The van der Waals surface area contributed by atoms with Crippen LogP contribution in [0.1, 0.15) is 16.8 Å². The third kappa shape index (κ3) is 3.19. The van der Waals surface area contributed by atoms with Crippen LogP contribution >= 0.6 is 23.2 Å². The lowest BCUT2D eigenvalue weighted by atomic mass is 9.63. The highest BCUT2D eigenvalue weighted by Crippen LogP contribution is 2.65. The van der Waals surface area contributed by atoms with Crippen molar-refractivity contribution in [1.29, 1.82) is 0 Å². The van der Waals surface area contributed by atoms with Gasteiger partial charge < -0.3 is 4.74 Å². The molecular formula is C26H22Cl2N2O4. The van der Waals surface area contributed by atoms with Crippen molar-refractivity contribution in [1.82, 2.24) is 4.90 Å². The quantitative estimate of drug-likeness (QED) is 0.445. The van der Waals surface area contributed by atoms with Gasteiger partial charge in [-0.15, -0.1) is 0 Å². The predicted octanol–water partition coefficient (Wildman–Crippen LogP) is 4.66. The Morgan fingerprint density at radius 1 is 0.971 bits per heavy atom. The average Bonchev–Trinajstić information content (AvgIpc) is 3.64. The second-order valence-corrected chi connectivity index (χ2v) is 10.3. The largest absolute Gasteiger partial charge is 0.497 e. The number of amides is 3. The van der Waals surface area contributed by atoms with E-state index < -0.39 is 0 Å². The second-order valence-electron chi connectivity index (χ2n) is 9.46. The summed E-state index contributed by atoms with van der Waals surface area (Å²) in [6.45, 7) is -0.162. The van der Waals surface area contributed by atoms with Gasteiger partial charge in [-0.25, -0.2) is 0 Å². The first-order valence-corrected chi connectivity index (χ1v) is 12.1. The van der Waals surface area contributed by atoms with E-state index >= 15 is 0 Å². The highest BCUT2D eigenvalue weighted by atomic mass is 35.5. The Balaban J connectivity index is 1.34. The standard InChI is InChI=1S/C26H22Cl2N2O4/c1-34-15-5-3-14(4-6-15)29(24(31)13-2-9-20(27)21(28)10-13)12-30-25(32)22-16-7-8-17(19-11-18(16)19)23(22)26(30)33/h2-10,16-19,22-23H,11-12H2,1H3/t16-,17-,18-,19-,22+,23+/m0/s1. The molecule has 6 atom stereocenters. The zero-order chi connectivity index (χ0) is 23.7. The number of nitrogens with zero attached hydrogens (tertiary/aromatic N) is 2. The second kappa shape index (κ2) is 7.85. The van der Waals surface area contributed by atoms with Crippen molar-refractivity contribution in [2.75, 3.05) is 18.7 Å². The molecule has 2 aromatic rings. The molecule has 0 aromatic heterocycles. The summed E-state index contributed by atoms with van der Waals surface area (Å²) in [5, 5.41) is 0.591. The van der Waals surface area contributed by atoms with E-state index in [0.717, 1.165) is 6.42 Å². The molecule has 34 heavy (non-hydrogen) atoms. The summed E-state index contributed by atoms with van der Waals surface area (Å²) in [5.74, 6) is 0.540. The fraction of sp³-hybridized carbons (Fsp3) is 0.346. The summed E-state index contributed by atoms with van der Waals surface area (Å²) in [6, 6.07) is 11.6. The van der Waals surface area contributed by atoms with Crippen molar-refractivity contribution >= 4 is 46.6 Å². The van der Waals surface area contributed by atoms with Gasteiger partial charge in [-0.05, 0) is 72.6 Å². The summed E-state index contributed by atoms with van der Waals surface area (Å²) in [4.78, 5) is 43.3. The molecule has 0 radical (unpaired) electrons. The van der Waals surface area contributed by atoms with Crippen LogP contribution < -0.4 is 9.64 Å². The van der Waals surface area contributed by atoms with E-state index in [4.69, 9.17) is 27.9 Å². The summed E-state index contributed by atoms with van der Waals surface area (Å²) < 4.78 is 5.24. The van der Waals surface area contributed by atoms with Crippen LogP contribution in [-0.4, -0.2) is 36.4 Å². The third-order valence-electron chi connectivity index (χ3n) is 7.83. The van der Waals surface area contributed by atoms with Crippen LogP contribution in [0.5, 0.6) is 5.75 Å². The number of halogens is 2. The van der Waals surface area contributed by atoms with Gasteiger partial charge in [0.2, 0.25) is 11.8 Å². The molecule has 4 aliphatic carbocycles. The third-order valence-corrected chi connectivity index (χ3v) is 8.57. The Morgan fingerprint density at radius 3 is 2.15 bits per heavy atom. The van der Waals surface area contributed by atoms with Gasteiger partial charge in [0.15, 0.2) is 0 Å². The molecule has 2 bridgehead atoms. The molecule has 1 heterocycles. The summed E-state index contributed by atoms with van der Waals surface area (Å²) in [7, 11) is 1.56. The van der Waals surface area contributed by atoms with E-state index in [1.807, 2.05) is 0 Å². The van der Waals surface area contributed by atoms with Gasteiger partial charge in [0.05, 0.1) is 29.0 Å². The molecule has 174 valence electrons. The zero-order valence-corrected chi connectivity index (χ0v) is 19.9. The predicted molar refractivity (Wildman–Crippen MR) is 128 cm³/mol. The molecule has 3 amide bonds. The van der Waals surface area contributed by atoms with E-state index in [0.29, 0.717) is 33.9 Å². The molecule has 0 spiro atoms. The van der Waals surface area contributed by atoms with Gasteiger partial charge in [0.1, 0.15) is 12.4 Å². The molecule has 0 unspecified atom stereocenters. The van der Waals surface area contributed by atoms with Crippen molar-refractivity contribution in [2.24, 2.45) is 35.5 Å². The number of ether oxygens (including phenoxy) is 1. The summed E-state index contributed by atoms with van der Waals surface area (Å²) in [5.41, 5.74) is 0.848. The number of likely N-dealkylation sites (tertiary alicyclic amines) is 1. The number of allylic oxidation sites excluding steroid dienone is 2. The molecule has 1 saturated heterocycles. The molecule has 1 aliphatic heterocycles. The number of anilines is 1. The fourth-order valence-corrected chi connectivity index (χ4v) is 6.41. The first-order chi connectivity index (χ1) is 16.4.